The second kappa shape index (κ2) is 9.55. The van der Waals surface area contributed by atoms with Crippen molar-refractivity contribution in [1.29, 1.82) is 0 Å². The van der Waals surface area contributed by atoms with Crippen molar-refractivity contribution in [2.24, 2.45) is 0 Å². The maximum absolute atomic E-state index is 13.3. The number of hydrogen-bond donors (Lipinski definition) is 4. The Morgan fingerprint density at radius 2 is 1.52 bits per heavy atom. The van der Waals surface area contributed by atoms with Crippen LogP contribution in [0, 0.1) is 0 Å². The Balaban J connectivity index is 0.00000306. The molecule has 9 nitrogen and oxygen atoms in total. The summed E-state index contributed by atoms with van der Waals surface area (Å²) in [6, 6.07) is 7.30. The fraction of sp³-hybridized carbons (Fsp3) is 0.318. The van der Waals surface area contributed by atoms with Gasteiger partial charge in [0.15, 0.2) is 11.6 Å². The van der Waals surface area contributed by atoms with Gasteiger partial charge in [-0.1, -0.05) is 24.3 Å². The third-order valence-electron chi connectivity index (χ3n) is 5.97. The minimum Gasteiger partial charge on any atom is -0.397 e. The van der Waals surface area contributed by atoms with Crippen LogP contribution in [0.15, 0.2) is 35.2 Å². The van der Waals surface area contributed by atoms with E-state index < -0.39 is 32.3 Å². The Hall–Kier alpha value is -2.24. The summed E-state index contributed by atoms with van der Waals surface area (Å²) in [5, 5.41) is 6.07. The number of hydrogen-bond acceptors (Lipinski definition) is 7. The van der Waals surface area contributed by atoms with Crippen LogP contribution in [0.1, 0.15) is 64.4 Å². The van der Waals surface area contributed by atoms with E-state index in [4.69, 9.17) is 5.73 Å². The molecule has 2 aliphatic rings. The number of carbonyl (C=O) groups excluding carboxylic acids is 3. The standard InChI is InChI=1S/C22H23N3O6S.Na/c1-11(26)24-12-6-8-13(9-7-12)25-16-10-17(32(29,30)31)20(23)19-18(16)21(27)14-4-2-3-5-15(14)22(19)28;/h2-5,10,12-13,25H,6-9,23H2,1H3,(H,24,26)(H,29,30,31);. The Morgan fingerprint density at radius 1 is 1.00 bits per heavy atom. The van der Waals surface area contributed by atoms with Crippen molar-refractivity contribution in [1.82, 2.24) is 5.32 Å². The number of benzene rings is 2. The van der Waals surface area contributed by atoms with E-state index >= 15 is 0 Å². The Labute approximate surface area is 213 Å². The van der Waals surface area contributed by atoms with Gasteiger partial charge in [-0.2, -0.15) is 8.42 Å². The van der Waals surface area contributed by atoms with Gasteiger partial charge in [-0.25, -0.2) is 0 Å². The first-order valence-electron chi connectivity index (χ1n) is 10.2. The average molecular weight is 480 g/mol. The predicted octanol–water partition coefficient (Wildman–Crippen LogP) is 1.77. The van der Waals surface area contributed by atoms with Gasteiger partial charge in [-0.3, -0.25) is 18.9 Å². The third-order valence-corrected chi connectivity index (χ3v) is 6.87. The molecular weight excluding hydrogens is 457 g/mol. The van der Waals surface area contributed by atoms with Crippen LogP contribution in [0.25, 0.3) is 0 Å². The Morgan fingerprint density at radius 3 is 2.03 bits per heavy atom. The zero-order valence-electron chi connectivity index (χ0n) is 18.3. The number of anilines is 2. The molecule has 0 unspecified atom stereocenters. The number of nitrogens with one attached hydrogen (secondary N) is 2. The van der Waals surface area contributed by atoms with Crippen LogP contribution in [0.3, 0.4) is 0 Å². The molecular formula is C22H23N3NaO6S. The zero-order valence-corrected chi connectivity index (χ0v) is 21.2. The number of carbonyl (C=O) groups is 3. The first-order valence-corrected chi connectivity index (χ1v) is 11.7. The van der Waals surface area contributed by atoms with Crippen molar-refractivity contribution in [3.8, 4) is 0 Å². The molecule has 169 valence electrons. The SMILES string of the molecule is CC(=O)NC1CCC(Nc2cc(S(=O)(=O)O)c(N)c3c2C(=O)c2ccccc2C3=O)CC1.[Na]. The molecule has 1 fully saturated rings. The van der Waals surface area contributed by atoms with Crippen LogP contribution in [-0.4, -0.2) is 72.1 Å². The van der Waals surface area contributed by atoms with Crippen LogP contribution in [0.4, 0.5) is 11.4 Å². The summed E-state index contributed by atoms with van der Waals surface area (Å²) >= 11 is 0. The fourth-order valence-electron chi connectivity index (χ4n) is 4.51. The van der Waals surface area contributed by atoms with E-state index in [1.807, 2.05) is 0 Å². The first-order chi connectivity index (χ1) is 15.1. The minimum absolute atomic E-state index is 0. The molecule has 2 aliphatic carbocycles. The van der Waals surface area contributed by atoms with Crippen molar-refractivity contribution in [3.63, 3.8) is 0 Å². The molecule has 0 saturated heterocycles. The molecule has 33 heavy (non-hydrogen) atoms. The summed E-state index contributed by atoms with van der Waals surface area (Å²) in [4.78, 5) is 37.1. The van der Waals surface area contributed by atoms with Crippen molar-refractivity contribution >= 4 is 68.5 Å². The topological polar surface area (TPSA) is 156 Å². The molecule has 0 aromatic heterocycles. The summed E-state index contributed by atoms with van der Waals surface area (Å²) in [7, 11) is -4.75. The second-order valence-electron chi connectivity index (χ2n) is 8.16. The van der Waals surface area contributed by atoms with E-state index in [0.717, 1.165) is 6.07 Å². The van der Waals surface area contributed by atoms with Crippen molar-refractivity contribution in [2.75, 3.05) is 11.1 Å². The first kappa shape index (κ1) is 25.4. The van der Waals surface area contributed by atoms with Gasteiger partial charge >= 0.3 is 0 Å². The van der Waals surface area contributed by atoms with Gasteiger partial charge in [0.2, 0.25) is 5.91 Å². The quantitative estimate of drug-likeness (QED) is 0.250. The van der Waals surface area contributed by atoms with E-state index in [0.29, 0.717) is 25.7 Å². The molecule has 11 heteroatoms. The van der Waals surface area contributed by atoms with Gasteiger partial charge in [-0.15, -0.1) is 0 Å². The maximum atomic E-state index is 13.3. The maximum Gasteiger partial charge on any atom is 0.296 e. The number of nitrogens with two attached hydrogens (primary N) is 1. The van der Waals surface area contributed by atoms with E-state index in [9.17, 15) is 27.4 Å². The number of amides is 1. The molecule has 4 rings (SSSR count). The third kappa shape index (κ3) is 4.85. The van der Waals surface area contributed by atoms with Crippen LogP contribution >= 0.6 is 0 Å². The zero-order chi connectivity index (χ0) is 23.2. The number of ketones is 2. The predicted molar refractivity (Wildman–Crippen MR) is 123 cm³/mol. The summed E-state index contributed by atoms with van der Waals surface area (Å²) in [6.07, 6.45) is 2.72. The second-order valence-corrected chi connectivity index (χ2v) is 9.55. The van der Waals surface area contributed by atoms with E-state index in [1.54, 1.807) is 12.1 Å². The van der Waals surface area contributed by atoms with Crippen LogP contribution in [0.5, 0.6) is 0 Å². The van der Waals surface area contributed by atoms with Gasteiger partial charge < -0.3 is 16.4 Å². The van der Waals surface area contributed by atoms with E-state index in [-0.39, 0.29) is 75.5 Å². The summed E-state index contributed by atoms with van der Waals surface area (Å²) in [6.45, 7) is 1.46. The van der Waals surface area contributed by atoms with Gasteiger partial charge in [-0.05, 0) is 31.7 Å². The molecule has 0 bridgehead atoms. The number of nitrogen functional groups attached to an aromatic ring is 1. The molecule has 0 aliphatic heterocycles. The fourth-order valence-corrected chi connectivity index (χ4v) is 5.16. The van der Waals surface area contributed by atoms with Crippen LogP contribution in [-0.2, 0) is 14.9 Å². The number of fused-ring (bicyclic) bond motifs is 2. The van der Waals surface area contributed by atoms with E-state index in [1.165, 1.54) is 19.1 Å². The Kier molecular flexibility index (Phi) is 7.35. The molecule has 0 heterocycles. The molecule has 1 saturated carbocycles. The smallest absolute Gasteiger partial charge is 0.296 e. The normalized spacial score (nSPS) is 19.7. The molecule has 2 aromatic carbocycles. The monoisotopic (exact) mass is 480 g/mol. The van der Waals surface area contributed by atoms with Gasteiger partial charge in [0.25, 0.3) is 10.1 Å². The van der Waals surface area contributed by atoms with Crippen molar-refractivity contribution in [3.05, 3.63) is 52.6 Å². The minimum atomic E-state index is -4.75. The number of rotatable bonds is 4. The molecule has 0 atom stereocenters. The average Bonchev–Trinajstić information content (AvgIpc) is 2.73. The molecule has 2 aromatic rings. The molecule has 1 radical (unpaired) electrons. The molecule has 0 spiro atoms. The summed E-state index contributed by atoms with van der Waals surface area (Å²) in [5.41, 5.74) is 5.79. The van der Waals surface area contributed by atoms with Gasteiger partial charge in [0, 0.05) is 65.4 Å². The Bertz CT molecular complexity index is 1250. The van der Waals surface area contributed by atoms with Crippen molar-refractivity contribution in [2.45, 2.75) is 49.6 Å². The van der Waals surface area contributed by atoms with Crippen molar-refractivity contribution < 1.29 is 27.4 Å². The van der Waals surface area contributed by atoms with Crippen LogP contribution in [0.2, 0.25) is 0 Å². The largest absolute Gasteiger partial charge is 0.397 e. The summed E-state index contributed by atoms with van der Waals surface area (Å²) < 4.78 is 33.6. The molecule has 5 N–H and O–H groups in total. The van der Waals surface area contributed by atoms with Crippen LogP contribution < -0.4 is 16.4 Å². The molecule has 1 amide bonds. The summed E-state index contributed by atoms with van der Waals surface area (Å²) in [5.74, 6) is -1.12. The van der Waals surface area contributed by atoms with Gasteiger partial charge in [0.05, 0.1) is 16.8 Å². The van der Waals surface area contributed by atoms with Gasteiger partial charge in [0.1, 0.15) is 4.90 Å². The van der Waals surface area contributed by atoms with E-state index in [2.05, 4.69) is 10.6 Å².